The number of nitrogens with zero attached hydrogens (tertiary/aromatic N) is 7. The second-order valence-corrected chi connectivity index (χ2v) is 7.78. The minimum atomic E-state index is -1.40. The Kier molecular flexibility index (Phi) is 5.23. The minimum Gasteiger partial charge on any atom is -0.463 e. The largest absolute Gasteiger partial charge is 0.463 e. The zero-order chi connectivity index (χ0) is 22.9. The number of benzene rings is 1. The van der Waals surface area contributed by atoms with E-state index in [1.807, 2.05) is 12.1 Å². The van der Waals surface area contributed by atoms with E-state index in [0.29, 0.717) is 16.0 Å². The summed E-state index contributed by atoms with van der Waals surface area (Å²) in [5.74, 6) is 1.02. The van der Waals surface area contributed by atoms with Gasteiger partial charge in [0, 0.05) is 38.4 Å². The van der Waals surface area contributed by atoms with E-state index >= 15 is 0 Å². The number of piperazine rings is 1. The summed E-state index contributed by atoms with van der Waals surface area (Å²) >= 11 is 0. The molecule has 0 spiro atoms. The second-order valence-electron chi connectivity index (χ2n) is 7.78. The number of anilines is 3. The van der Waals surface area contributed by atoms with Crippen molar-refractivity contribution < 1.29 is 9.90 Å². The molecule has 11 nitrogen and oxygen atoms in total. The van der Waals surface area contributed by atoms with Crippen LogP contribution in [0.25, 0.3) is 16.7 Å². The third-order valence-electron chi connectivity index (χ3n) is 5.65. The van der Waals surface area contributed by atoms with Gasteiger partial charge in [-0.05, 0) is 31.3 Å². The molecule has 0 unspecified atom stereocenters. The van der Waals surface area contributed by atoms with Gasteiger partial charge >= 0.3 is 6.09 Å². The highest BCUT2D eigenvalue weighted by atomic mass is 16.4. The standard InChI is InChI=1S/C22H22N8O3/c1-27-10-12-28(13-11-27)15-6-7-18(24-14-15)25-21-23-9-8-19(26-21)29-17-5-3-2-4-16(17)20(31)30(29)22(32)33/h2-9,14H,10-13H2,1H3,(H,32,33)(H,23,24,25,26). The number of para-hydroxylation sites is 1. The maximum absolute atomic E-state index is 12.6. The number of carboxylic acid groups (broad SMARTS) is 1. The average Bonchev–Trinajstić information content (AvgIpc) is 3.13. The Labute approximate surface area is 188 Å². The van der Waals surface area contributed by atoms with E-state index in [-0.39, 0.29) is 17.2 Å². The fourth-order valence-corrected chi connectivity index (χ4v) is 3.90. The number of rotatable bonds is 4. The van der Waals surface area contributed by atoms with Gasteiger partial charge in [0.1, 0.15) is 5.82 Å². The minimum absolute atomic E-state index is 0.231. The number of likely N-dealkylation sites (N-methyl/N-ethyl adjacent to an activating group) is 1. The molecule has 2 N–H and O–H groups in total. The van der Waals surface area contributed by atoms with Crippen molar-refractivity contribution in [3.63, 3.8) is 0 Å². The monoisotopic (exact) mass is 446 g/mol. The average molecular weight is 446 g/mol. The van der Waals surface area contributed by atoms with Crippen molar-refractivity contribution in [3.8, 4) is 5.82 Å². The van der Waals surface area contributed by atoms with E-state index in [2.05, 4.69) is 37.1 Å². The van der Waals surface area contributed by atoms with Crippen molar-refractivity contribution >= 4 is 34.4 Å². The van der Waals surface area contributed by atoms with E-state index in [1.165, 1.54) is 10.9 Å². The molecule has 1 aromatic carbocycles. The Morgan fingerprint density at radius 3 is 2.55 bits per heavy atom. The summed E-state index contributed by atoms with van der Waals surface area (Å²) in [6, 6.07) is 12.1. The lowest BCUT2D eigenvalue weighted by molar-refractivity contribution is 0.189. The van der Waals surface area contributed by atoms with Crippen molar-refractivity contribution in [1.82, 2.24) is 29.2 Å². The molecular weight excluding hydrogens is 424 g/mol. The van der Waals surface area contributed by atoms with Crippen LogP contribution >= 0.6 is 0 Å². The number of carbonyl (C=O) groups is 1. The van der Waals surface area contributed by atoms with Crippen LogP contribution in [0.3, 0.4) is 0 Å². The summed E-state index contributed by atoms with van der Waals surface area (Å²) in [7, 11) is 2.11. The molecule has 4 heterocycles. The van der Waals surface area contributed by atoms with E-state index in [0.717, 1.165) is 31.9 Å². The Balaban J connectivity index is 1.44. The predicted molar refractivity (Wildman–Crippen MR) is 124 cm³/mol. The second kappa shape index (κ2) is 8.36. The van der Waals surface area contributed by atoms with E-state index < -0.39 is 11.7 Å². The molecule has 0 saturated carbocycles. The van der Waals surface area contributed by atoms with Gasteiger partial charge in [-0.1, -0.05) is 12.1 Å². The van der Waals surface area contributed by atoms with Crippen LogP contribution in [0.2, 0.25) is 0 Å². The van der Waals surface area contributed by atoms with Gasteiger partial charge in [-0.2, -0.15) is 4.98 Å². The zero-order valence-corrected chi connectivity index (χ0v) is 17.9. The number of nitrogens with one attached hydrogen (secondary N) is 1. The molecule has 0 radical (unpaired) electrons. The van der Waals surface area contributed by atoms with Crippen molar-refractivity contribution in [2.75, 3.05) is 43.4 Å². The van der Waals surface area contributed by atoms with Crippen molar-refractivity contribution in [1.29, 1.82) is 0 Å². The third kappa shape index (κ3) is 3.89. The van der Waals surface area contributed by atoms with Crippen LogP contribution in [-0.2, 0) is 0 Å². The van der Waals surface area contributed by atoms with Gasteiger partial charge in [0.25, 0.3) is 5.56 Å². The first-order valence-electron chi connectivity index (χ1n) is 10.5. The van der Waals surface area contributed by atoms with Gasteiger partial charge in [0.05, 0.1) is 22.8 Å². The van der Waals surface area contributed by atoms with Gasteiger partial charge in [-0.3, -0.25) is 4.79 Å². The van der Waals surface area contributed by atoms with Crippen LogP contribution in [0.15, 0.2) is 59.7 Å². The van der Waals surface area contributed by atoms with Crippen molar-refractivity contribution in [2.24, 2.45) is 0 Å². The first-order chi connectivity index (χ1) is 16.0. The Hall–Kier alpha value is -4.25. The SMILES string of the molecule is CN1CCN(c2ccc(Nc3nccc(-n4c5ccccc5c(=O)n4C(=O)O)n3)nc2)CC1. The van der Waals surface area contributed by atoms with Crippen molar-refractivity contribution in [2.45, 2.75) is 0 Å². The molecule has 5 rings (SSSR count). The maximum Gasteiger partial charge on any atom is 0.434 e. The molecular formula is C22H22N8O3. The highest BCUT2D eigenvalue weighted by molar-refractivity contribution is 5.84. The molecule has 1 aliphatic rings. The summed E-state index contributed by atoms with van der Waals surface area (Å²) in [6.45, 7) is 3.92. The molecule has 1 aliphatic heterocycles. The molecule has 11 heteroatoms. The van der Waals surface area contributed by atoms with E-state index in [4.69, 9.17) is 0 Å². The Morgan fingerprint density at radius 1 is 1.03 bits per heavy atom. The number of hydrogen-bond acceptors (Lipinski definition) is 8. The summed E-state index contributed by atoms with van der Waals surface area (Å²) in [5.41, 5.74) is 0.851. The van der Waals surface area contributed by atoms with Gasteiger partial charge in [-0.25, -0.2) is 19.4 Å². The topological polar surface area (TPSA) is 121 Å². The summed E-state index contributed by atoms with van der Waals surface area (Å²) in [4.78, 5) is 42.1. The van der Waals surface area contributed by atoms with Gasteiger partial charge in [0.2, 0.25) is 5.95 Å². The highest BCUT2D eigenvalue weighted by Gasteiger charge is 2.20. The summed E-state index contributed by atoms with van der Waals surface area (Å²) < 4.78 is 1.90. The quantitative estimate of drug-likeness (QED) is 0.485. The third-order valence-corrected chi connectivity index (χ3v) is 5.65. The first-order valence-corrected chi connectivity index (χ1v) is 10.5. The van der Waals surface area contributed by atoms with Crippen LogP contribution in [0, 0.1) is 0 Å². The molecule has 0 amide bonds. The van der Waals surface area contributed by atoms with Gasteiger partial charge < -0.3 is 20.2 Å². The van der Waals surface area contributed by atoms with E-state index in [1.54, 1.807) is 36.5 Å². The predicted octanol–water partition coefficient (Wildman–Crippen LogP) is 2.00. The maximum atomic E-state index is 12.6. The van der Waals surface area contributed by atoms with Crippen LogP contribution in [0.4, 0.5) is 22.2 Å². The molecule has 0 bridgehead atoms. The van der Waals surface area contributed by atoms with Crippen LogP contribution < -0.4 is 15.8 Å². The molecule has 3 aromatic heterocycles. The zero-order valence-electron chi connectivity index (χ0n) is 17.9. The Morgan fingerprint density at radius 2 is 1.82 bits per heavy atom. The molecule has 4 aromatic rings. The number of aromatic nitrogens is 5. The number of pyridine rings is 1. The highest BCUT2D eigenvalue weighted by Crippen LogP contribution is 2.20. The van der Waals surface area contributed by atoms with Crippen molar-refractivity contribution in [3.05, 3.63) is 65.2 Å². The number of fused-ring (bicyclic) bond motifs is 1. The molecule has 0 aliphatic carbocycles. The summed E-state index contributed by atoms with van der Waals surface area (Å²) in [5, 5.41) is 13.0. The van der Waals surface area contributed by atoms with Crippen LogP contribution in [0.1, 0.15) is 0 Å². The van der Waals surface area contributed by atoms with Gasteiger partial charge in [0.15, 0.2) is 5.82 Å². The van der Waals surface area contributed by atoms with Crippen LogP contribution in [0.5, 0.6) is 0 Å². The molecule has 168 valence electrons. The fourth-order valence-electron chi connectivity index (χ4n) is 3.90. The lowest BCUT2D eigenvalue weighted by Gasteiger charge is -2.33. The lowest BCUT2D eigenvalue weighted by Crippen LogP contribution is -2.44. The Bertz CT molecular complexity index is 1370. The first kappa shape index (κ1) is 20.6. The molecule has 1 saturated heterocycles. The smallest absolute Gasteiger partial charge is 0.434 e. The number of hydrogen-bond donors (Lipinski definition) is 2. The van der Waals surface area contributed by atoms with Crippen LogP contribution in [-0.4, -0.2) is 73.6 Å². The normalized spacial score (nSPS) is 14.5. The van der Waals surface area contributed by atoms with Gasteiger partial charge in [-0.15, -0.1) is 4.68 Å². The molecule has 33 heavy (non-hydrogen) atoms. The summed E-state index contributed by atoms with van der Waals surface area (Å²) in [6.07, 6.45) is 1.90. The molecule has 1 fully saturated rings. The lowest BCUT2D eigenvalue weighted by atomic mass is 10.2. The molecule has 0 atom stereocenters. The van der Waals surface area contributed by atoms with E-state index in [9.17, 15) is 14.7 Å². The fraction of sp³-hybridized carbons (Fsp3) is 0.227.